The number of allylic oxidation sites excluding steroid dienone is 3. The predicted molar refractivity (Wildman–Crippen MR) is 64.3 cm³/mol. The molecule has 14 heavy (non-hydrogen) atoms. The molecule has 80 valence electrons. The lowest BCUT2D eigenvalue weighted by Gasteiger charge is -2.11. The smallest absolute Gasteiger partial charge is 0.0259 e. The fourth-order valence-electron chi connectivity index (χ4n) is 2.22. The summed E-state index contributed by atoms with van der Waals surface area (Å²) in [5.41, 5.74) is 1.16. The van der Waals surface area contributed by atoms with Crippen LogP contribution in [0.4, 0.5) is 0 Å². The Hall–Kier alpha value is -0.520. The summed E-state index contributed by atoms with van der Waals surface area (Å²) in [6, 6.07) is 0. The van der Waals surface area contributed by atoms with E-state index < -0.39 is 0 Å². The highest BCUT2D eigenvalue weighted by Crippen LogP contribution is 2.29. The summed E-state index contributed by atoms with van der Waals surface area (Å²) in [6.45, 7) is 8.25. The van der Waals surface area contributed by atoms with Gasteiger partial charge in [-0.3, -0.25) is 0 Å². The lowest BCUT2D eigenvalue weighted by molar-refractivity contribution is 0.450. The molecule has 1 fully saturated rings. The zero-order valence-corrected chi connectivity index (χ0v) is 9.76. The Labute approximate surface area is 89.1 Å². The van der Waals surface area contributed by atoms with Crippen LogP contribution in [0.1, 0.15) is 52.4 Å². The van der Waals surface area contributed by atoms with Crippen LogP contribution < -0.4 is 0 Å². The van der Waals surface area contributed by atoms with Crippen molar-refractivity contribution in [1.29, 1.82) is 0 Å². The third kappa shape index (κ3) is 4.64. The number of rotatable bonds is 5. The van der Waals surface area contributed by atoms with Gasteiger partial charge in [0.15, 0.2) is 0 Å². The van der Waals surface area contributed by atoms with E-state index in [1.54, 1.807) is 0 Å². The summed E-state index contributed by atoms with van der Waals surface area (Å²) in [5.74, 6) is 1.77. The zero-order chi connectivity index (χ0) is 10.4. The van der Waals surface area contributed by atoms with Crippen LogP contribution in [0.3, 0.4) is 0 Å². The molecule has 1 aliphatic rings. The summed E-state index contributed by atoms with van der Waals surface area (Å²) in [5, 5.41) is 0. The summed E-state index contributed by atoms with van der Waals surface area (Å²) < 4.78 is 0. The van der Waals surface area contributed by atoms with Crippen molar-refractivity contribution < 1.29 is 0 Å². The van der Waals surface area contributed by atoms with Crippen LogP contribution in [0.15, 0.2) is 24.3 Å². The van der Waals surface area contributed by atoms with Crippen molar-refractivity contribution >= 4 is 0 Å². The Morgan fingerprint density at radius 3 is 2.64 bits per heavy atom. The Kier molecular flexibility index (Phi) is 5.00. The molecule has 0 aromatic carbocycles. The van der Waals surface area contributed by atoms with Gasteiger partial charge in [0.25, 0.3) is 0 Å². The van der Waals surface area contributed by atoms with Crippen molar-refractivity contribution in [3.05, 3.63) is 24.3 Å². The molecule has 0 heterocycles. The van der Waals surface area contributed by atoms with Gasteiger partial charge in [0.2, 0.25) is 0 Å². The molecule has 1 rings (SSSR count). The standard InChI is InChI=1S/C14H24/c1-12(2)8-9-13(3)10-11-14-6-4-5-7-14/h8-9,13-14H,1,4-7,10-11H2,2-3H3/b9-8+. The maximum atomic E-state index is 3.88. The van der Waals surface area contributed by atoms with E-state index in [4.69, 9.17) is 0 Å². The van der Waals surface area contributed by atoms with Crippen LogP contribution in [0, 0.1) is 11.8 Å². The maximum Gasteiger partial charge on any atom is -0.0259 e. The molecule has 0 N–H and O–H groups in total. The molecule has 0 saturated heterocycles. The Bertz CT molecular complexity index is 194. The normalized spacial score (nSPS) is 20.4. The molecular formula is C14H24. The van der Waals surface area contributed by atoms with E-state index in [-0.39, 0.29) is 0 Å². The van der Waals surface area contributed by atoms with Gasteiger partial charge in [-0.25, -0.2) is 0 Å². The molecule has 0 aromatic heterocycles. The van der Waals surface area contributed by atoms with Crippen LogP contribution in [0.5, 0.6) is 0 Å². The van der Waals surface area contributed by atoms with E-state index in [2.05, 4.69) is 32.6 Å². The van der Waals surface area contributed by atoms with Crippen LogP contribution in [0.2, 0.25) is 0 Å². The maximum absolute atomic E-state index is 3.88. The van der Waals surface area contributed by atoms with E-state index in [1.807, 2.05) is 0 Å². The van der Waals surface area contributed by atoms with Crippen molar-refractivity contribution in [2.24, 2.45) is 11.8 Å². The first kappa shape index (κ1) is 11.6. The summed E-state index contributed by atoms with van der Waals surface area (Å²) in [7, 11) is 0. The second-order valence-electron chi connectivity index (χ2n) is 4.91. The molecular weight excluding hydrogens is 168 g/mol. The van der Waals surface area contributed by atoms with Gasteiger partial charge >= 0.3 is 0 Å². The molecule has 1 aliphatic carbocycles. The molecule has 1 unspecified atom stereocenters. The summed E-state index contributed by atoms with van der Waals surface area (Å²) >= 11 is 0. The summed E-state index contributed by atoms with van der Waals surface area (Å²) in [6.07, 6.45) is 13.2. The zero-order valence-electron chi connectivity index (χ0n) is 9.76. The molecule has 1 saturated carbocycles. The van der Waals surface area contributed by atoms with Gasteiger partial charge in [-0.15, -0.1) is 0 Å². The Morgan fingerprint density at radius 1 is 1.43 bits per heavy atom. The third-order valence-corrected chi connectivity index (χ3v) is 3.21. The van der Waals surface area contributed by atoms with E-state index in [0.717, 1.165) is 17.4 Å². The van der Waals surface area contributed by atoms with Crippen molar-refractivity contribution in [2.75, 3.05) is 0 Å². The average Bonchev–Trinajstić information content (AvgIpc) is 2.63. The van der Waals surface area contributed by atoms with Crippen LogP contribution in [-0.2, 0) is 0 Å². The number of hydrogen-bond donors (Lipinski definition) is 0. The minimum atomic E-state index is 0.729. The fourth-order valence-corrected chi connectivity index (χ4v) is 2.22. The molecule has 0 amide bonds. The van der Waals surface area contributed by atoms with Crippen LogP contribution in [-0.4, -0.2) is 0 Å². The van der Waals surface area contributed by atoms with Gasteiger partial charge in [-0.2, -0.15) is 0 Å². The van der Waals surface area contributed by atoms with Gasteiger partial charge in [0.05, 0.1) is 0 Å². The fraction of sp³-hybridized carbons (Fsp3) is 0.714. The van der Waals surface area contributed by atoms with E-state index in [9.17, 15) is 0 Å². The molecule has 0 spiro atoms. The molecule has 0 bridgehead atoms. The van der Waals surface area contributed by atoms with E-state index in [0.29, 0.717) is 0 Å². The highest BCUT2D eigenvalue weighted by atomic mass is 14.2. The molecule has 1 atom stereocenters. The van der Waals surface area contributed by atoms with Crippen molar-refractivity contribution in [2.45, 2.75) is 52.4 Å². The van der Waals surface area contributed by atoms with Crippen molar-refractivity contribution in [1.82, 2.24) is 0 Å². The van der Waals surface area contributed by atoms with E-state index >= 15 is 0 Å². The summed E-state index contributed by atoms with van der Waals surface area (Å²) in [4.78, 5) is 0. The van der Waals surface area contributed by atoms with Gasteiger partial charge < -0.3 is 0 Å². The Balaban J connectivity index is 2.13. The van der Waals surface area contributed by atoms with Crippen molar-refractivity contribution in [3.8, 4) is 0 Å². The van der Waals surface area contributed by atoms with Gasteiger partial charge in [-0.1, -0.05) is 56.9 Å². The highest BCUT2D eigenvalue weighted by Gasteiger charge is 2.14. The second kappa shape index (κ2) is 6.06. The monoisotopic (exact) mass is 192 g/mol. The Morgan fingerprint density at radius 2 is 2.07 bits per heavy atom. The molecule has 0 radical (unpaired) electrons. The average molecular weight is 192 g/mol. The predicted octanol–water partition coefficient (Wildman–Crippen LogP) is 4.73. The van der Waals surface area contributed by atoms with Gasteiger partial charge in [0, 0.05) is 0 Å². The molecule has 0 aliphatic heterocycles. The third-order valence-electron chi connectivity index (χ3n) is 3.21. The molecule has 0 aromatic rings. The minimum Gasteiger partial charge on any atom is -0.0961 e. The first-order chi connectivity index (χ1) is 6.68. The highest BCUT2D eigenvalue weighted by molar-refractivity contribution is 5.11. The SMILES string of the molecule is C=C(C)/C=C/C(C)CCC1CCCC1. The van der Waals surface area contributed by atoms with Crippen LogP contribution >= 0.6 is 0 Å². The molecule has 0 heteroatoms. The van der Waals surface area contributed by atoms with Gasteiger partial charge in [0.1, 0.15) is 0 Å². The number of hydrogen-bond acceptors (Lipinski definition) is 0. The first-order valence-electron chi connectivity index (χ1n) is 6.02. The topological polar surface area (TPSA) is 0 Å². The minimum absolute atomic E-state index is 0.729. The van der Waals surface area contributed by atoms with Crippen molar-refractivity contribution in [3.63, 3.8) is 0 Å². The largest absolute Gasteiger partial charge is 0.0961 e. The van der Waals surface area contributed by atoms with E-state index in [1.165, 1.54) is 38.5 Å². The lowest BCUT2D eigenvalue weighted by Crippen LogP contribution is -1.97. The quantitative estimate of drug-likeness (QED) is 0.553. The van der Waals surface area contributed by atoms with Crippen LogP contribution in [0.25, 0.3) is 0 Å². The second-order valence-corrected chi connectivity index (χ2v) is 4.91. The van der Waals surface area contributed by atoms with Gasteiger partial charge in [-0.05, 0) is 31.6 Å². The molecule has 0 nitrogen and oxygen atoms in total. The lowest BCUT2D eigenvalue weighted by atomic mass is 9.95. The first-order valence-corrected chi connectivity index (χ1v) is 6.02.